The van der Waals surface area contributed by atoms with Gasteiger partial charge < -0.3 is 4.79 Å². The molecule has 2 heteroatoms. The molecule has 19 heavy (non-hydrogen) atoms. The summed E-state index contributed by atoms with van der Waals surface area (Å²) in [5, 5.41) is 0. The summed E-state index contributed by atoms with van der Waals surface area (Å²) in [6.45, 7) is 1.98. The molecule has 0 amide bonds. The van der Waals surface area contributed by atoms with Gasteiger partial charge in [-0.3, -0.25) is 4.79 Å². The van der Waals surface area contributed by atoms with E-state index in [9.17, 15) is 9.59 Å². The second-order valence-corrected chi connectivity index (χ2v) is 5.60. The first-order valence-corrected chi connectivity index (χ1v) is 7.28. The lowest BCUT2D eigenvalue weighted by Gasteiger charge is -2.26. The van der Waals surface area contributed by atoms with Crippen LogP contribution in [0.5, 0.6) is 0 Å². The maximum Gasteiger partial charge on any atom is 0.146 e. The van der Waals surface area contributed by atoms with Crippen molar-refractivity contribution in [2.24, 2.45) is 11.8 Å². The van der Waals surface area contributed by atoms with Crippen LogP contribution >= 0.6 is 0 Å². The van der Waals surface area contributed by atoms with Crippen LogP contribution in [0.4, 0.5) is 0 Å². The van der Waals surface area contributed by atoms with Crippen LogP contribution in [0.25, 0.3) is 0 Å². The first-order chi connectivity index (χ1) is 9.24. The number of ketones is 1. The number of Topliss-reactive ketones (excluding diaryl/α,β-unsaturated/α-hetero) is 1. The van der Waals surface area contributed by atoms with Gasteiger partial charge in [-0.15, -0.1) is 0 Å². The highest BCUT2D eigenvalue weighted by molar-refractivity contribution is 5.95. The van der Waals surface area contributed by atoms with E-state index < -0.39 is 5.92 Å². The summed E-state index contributed by atoms with van der Waals surface area (Å²) in [4.78, 5) is 23.9. The Bertz CT molecular complexity index is 418. The van der Waals surface area contributed by atoms with Gasteiger partial charge in [0.2, 0.25) is 0 Å². The van der Waals surface area contributed by atoms with Crippen molar-refractivity contribution in [2.75, 3.05) is 0 Å². The minimum absolute atomic E-state index is 0.0203. The second kappa shape index (κ2) is 6.65. The van der Waals surface area contributed by atoms with Gasteiger partial charge in [0.25, 0.3) is 0 Å². The third kappa shape index (κ3) is 3.31. The van der Waals surface area contributed by atoms with E-state index in [1.54, 1.807) is 0 Å². The molecule has 1 aromatic rings. The fourth-order valence-corrected chi connectivity index (χ4v) is 3.05. The lowest BCUT2D eigenvalue weighted by molar-refractivity contribution is -0.132. The largest absolute Gasteiger partial charge is 0.303 e. The van der Waals surface area contributed by atoms with Gasteiger partial charge in [-0.25, -0.2) is 0 Å². The van der Waals surface area contributed by atoms with Gasteiger partial charge in [-0.1, -0.05) is 56.5 Å². The Morgan fingerprint density at radius 3 is 2.37 bits per heavy atom. The van der Waals surface area contributed by atoms with E-state index in [-0.39, 0.29) is 17.6 Å². The highest BCUT2D eigenvalue weighted by Gasteiger charge is 2.31. The molecule has 1 saturated carbocycles. The molecule has 1 aliphatic carbocycles. The molecule has 1 aromatic carbocycles. The van der Waals surface area contributed by atoms with Crippen LogP contribution in [0.3, 0.4) is 0 Å². The van der Waals surface area contributed by atoms with Gasteiger partial charge in [0.05, 0.1) is 5.92 Å². The predicted octanol–water partition coefficient (Wildman–Crippen LogP) is 3.75. The molecule has 2 rings (SSSR count). The minimum Gasteiger partial charge on any atom is -0.303 e. The second-order valence-electron chi connectivity index (χ2n) is 5.60. The first-order valence-electron chi connectivity index (χ1n) is 7.28. The first kappa shape index (κ1) is 14.0. The Morgan fingerprint density at radius 2 is 1.79 bits per heavy atom. The minimum atomic E-state index is -0.481. The van der Waals surface area contributed by atoms with Crippen molar-refractivity contribution in [3.8, 4) is 0 Å². The summed E-state index contributed by atoms with van der Waals surface area (Å²) in [5.41, 5.74) is 1.07. The van der Waals surface area contributed by atoms with E-state index >= 15 is 0 Å². The molecule has 0 saturated heterocycles. The lowest BCUT2D eigenvalue weighted by atomic mass is 9.76. The molecule has 2 unspecified atom stereocenters. The summed E-state index contributed by atoms with van der Waals surface area (Å²) in [6.07, 6.45) is 6.26. The van der Waals surface area contributed by atoms with Crippen LogP contribution in [-0.2, 0) is 9.59 Å². The fraction of sp³-hybridized carbons (Fsp3) is 0.529. The number of benzene rings is 1. The van der Waals surface area contributed by atoms with Gasteiger partial charge in [0, 0.05) is 5.92 Å². The number of hydrogen-bond donors (Lipinski definition) is 0. The van der Waals surface area contributed by atoms with Gasteiger partial charge in [-0.05, 0) is 24.3 Å². The number of aldehydes is 1. The summed E-state index contributed by atoms with van der Waals surface area (Å²) in [5.74, 6) is -0.236. The number of carbonyl (C=O) groups excluding carboxylic acids is 2. The summed E-state index contributed by atoms with van der Waals surface area (Å²) in [6, 6.07) is 9.86. The van der Waals surface area contributed by atoms with Crippen LogP contribution in [-0.4, -0.2) is 12.1 Å². The van der Waals surface area contributed by atoms with Crippen LogP contribution in [0.15, 0.2) is 30.3 Å². The molecule has 102 valence electrons. The Balaban J connectivity index is 2.10. The third-order valence-electron chi connectivity index (χ3n) is 4.35. The van der Waals surface area contributed by atoms with Crippen LogP contribution in [0, 0.1) is 11.8 Å². The highest BCUT2D eigenvalue weighted by Crippen LogP contribution is 2.31. The van der Waals surface area contributed by atoms with Crippen molar-refractivity contribution in [3.05, 3.63) is 35.9 Å². The highest BCUT2D eigenvalue weighted by atomic mass is 16.1. The zero-order chi connectivity index (χ0) is 13.7. The molecule has 2 nitrogen and oxygen atoms in total. The maximum absolute atomic E-state index is 12.5. The topological polar surface area (TPSA) is 34.1 Å². The van der Waals surface area contributed by atoms with Crippen molar-refractivity contribution in [1.82, 2.24) is 0 Å². The van der Waals surface area contributed by atoms with Crippen molar-refractivity contribution < 1.29 is 9.59 Å². The lowest BCUT2D eigenvalue weighted by Crippen LogP contribution is -2.30. The van der Waals surface area contributed by atoms with Gasteiger partial charge >= 0.3 is 0 Å². The van der Waals surface area contributed by atoms with E-state index in [2.05, 4.69) is 0 Å². The molecular weight excluding hydrogens is 236 g/mol. The Hall–Kier alpha value is -1.44. The molecule has 0 bridgehead atoms. The zero-order valence-corrected chi connectivity index (χ0v) is 11.5. The average molecular weight is 258 g/mol. The smallest absolute Gasteiger partial charge is 0.146 e. The van der Waals surface area contributed by atoms with E-state index in [0.29, 0.717) is 0 Å². The molecule has 0 aromatic heterocycles. The van der Waals surface area contributed by atoms with E-state index in [1.807, 2.05) is 37.3 Å². The zero-order valence-electron chi connectivity index (χ0n) is 11.5. The van der Waals surface area contributed by atoms with Crippen LogP contribution in [0.2, 0.25) is 0 Å². The SMILES string of the molecule is CC(c1ccccc1)C(C=O)C(=O)C1CCCCC1. The average Bonchev–Trinajstić information content (AvgIpc) is 2.49. The molecule has 0 radical (unpaired) electrons. The molecule has 1 aliphatic rings. The molecule has 0 aliphatic heterocycles. The quantitative estimate of drug-likeness (QED) is 0.595. The maximum atomic E-state index is 12.5. The van der Waals surface area contributed by atoms with Crippen LogP contribution < -0.4 is 0 Å². The van der Waals surface area contributed by atoms with E-state index in [4.69, 9.17) is 0 Å². The van der Waals surface area contributed by atoms with Gasteiger partial charge in [0.1, 0.15) is 12.1 Å². The van der Waals surface area contributed by atoms with Crippen molar-refractivity contribution >= 4 is 12.1 Å². The summed E-state index contributed by atoms with van der Waals surface area (Å²) >= 11 is 0. The van der Waals surface area contributed by atoms with Gasteiger partial charge in [-0.2, -0.15) is 0 Å². The molecule has 0 N–H and O–H groups in total. The summed E-state index contributed by atoms with van der Waals surface area (Å²) < 4.78 is 0. The van der Waals surface area contributed by atoms with Crippen molar-refractivity contribution in [1.29, 1.82) is 0 Å². The van der Waals surface area contributed by atoms with E-state index in [1.165, 1.54) is 6.42 Å². The number of carbonyl (C=O) groups is 2. The Morgan fingerprint density at radius 1 is 1.16 bits per heavy atom. The molecule has 0 heterocycles. The monoisotopic (exact) mass is 258 g/mol. The van der Waals surface area contributed by atoms with Crippen molar-refractivity contribution in [2.45, 2.75) is 44.9 Å². The normalized spacial score (nSPS) is 19.6. The van der Waals surface area contributed by atoms with E-state index in [0.717, 1.165) is 37.5 Å². The molecular formula is C17H22O2. The predicted molar refractivity (Wildman–Crippen MR) is 76.0 cm³/mol. The summed E-state index contributed by atoms with van der Waals surface area (Å²) in [7, 11) is 0. The Kier molecular flexibility index (Phi) is 4.89. The number of rotatable bonds is 5. The molecule has 0 spiro atoms. The van der Waals surface area contributed by atoms with Crippen molar-refractivity contribution in [3.63, 3.8) is 0 Å². The number of hydrogen-bond acceptors (Lipinski definition) is 2. The molecule has 2 atom stereocenters. The molecule has 1 fully saturated rings. The van der Waals surface area contributed by atoms with Gasteiger partial charge in [0.15, 0.2) is 0 Å². The Labute approximate surface area is 115 Å². The third-order valence-corrected chi connectivity index (χ3v) is 4.35. The fourth-order valence-electron chi connectivity index (χ4n) is 3.05. The standard InChI is InChI=1S/C17H22O2/c1-13(14-8-4-2-5-9-14)16(12-18)17(19)15-10-6-3-7-11-15/h2,4-5,8-9,12-13,15-16H,3,6-7,10-11H2,1H3. The van der Waals surface area contributed by atoms with Crippen LogP contribution in [0.1, 0.15) is 50.5 Å².